The zero-order chi connectivity index (χ0) is 40.2. The van der Waals surface area contributed by atoms with Crippen molar-refractivity contribution in [2.75, 3.05) is 31.6 Å². The van der Waals surface area contributed by atoms with Crippen LogP contribution >= 0.6 is 22.9 Å². The summed E-state index contributed by atoms with van der Waals surface area (Å²) in [6.45, 7) is 7.89. The summed E-state index contributed by atoms with van der Waals surface area (Å²) in [7, 11) is 0. The van der Waals surface area contributed by atoms with Gasteiger partial charge in [-0.3, -0.25) is 38.8 Å². The molecule has 3 atom stereocenters. The summed E-state index contributed by atoms with van der Waals surface area (Å²) >= 11 is 7.89. The number of nitrogens with one attached hydrogen (secondary N) is 3. The van der Waals surface area contributed by atoms with Crippen molar-refractivity contribution in [3.8, 4) is 5.00 Å². The normalized spacial score (nSPS) is 19.2. The van der Waals surface area contributed by atoms with Crippen LogP contribution in [0, 0.1) is 32.6 Å². The van der Waals surface area contributed by atoms with E-state index >= 15 is 0 Å². The number of unbranched alkanes of at least 4 members (excludes halogenated alkanes) is 1. The van der Waals surface area contributed by atoms with E-state index in [0.717, 1.165) is 46.1 Å². The van der Waals surface area contributed by atoms with Crippen LogP contribution in [-0.4, -0.2) is 76.1 Å². The lowest BCUT2D eigenvalue weighted by Crippen LogP contribution is -2.41. The number of ether oxygens (including phenoxy) is 1. The minimum absolute atomic E-state index is 0.110. The number of halogens is 1. The van der Waals surface area contributed by atoms with Gasteiger partial charge in [0.1, 0.15) is 16.9 Å². The van der Waals surface area contributed by atoms with Crippen molar-refractivity contribution in [1.82, 2.24) is 25.4 Å². The molecule has 7 rings (SSSR count). The van der Waals surface area contributed by atoms with Crippen molar-refractivity contribution >= 4 is 63.6 Å². The number of piperidine rings is 1. The number of anilines is 1. The fourth-order valence-electron chi connectivity index (χ4n) is 7.82. The predicted octanol–water partition coefficient (Wildman–Crippen LogP) is 6.43. The minimum Gasteiger partial charge on any atom is -0.382 e. The molecule has 0 spiro atoms. The van der Waals surface area contributed by atoms with Crippen LogP contribution in [0.5, 0.6) is 0 Å². The van der Waals surface area contributed by atoms with E-state index in [4.69, 9.17) is 21.3 Å². The molecule has 2 aliphatic heterocycles. The van der Waals surface area contributed by atoms with E-state index in [0.29, 0.717) is 73.2 Å². The molecule has 15 heteroatoms. The van der Waals surface area contributed by atoms with Gasteiger partial charge in [0, 0.05) is 76.7 Å². The number of aryl methyl sites for hydroxylation is 2. The first-order valence-electron chi connectivity index (χ1n) is 19.5. The molecule has 2 aromatic heterocycles. The third kappa shape index (κ3) is 8.78. The van der Waals surface area contributed by atoms with Gasteiger partial charge in [-0.25, -0.2) is 0 Å². The number of aromatic nitrogens is 3. The highest BCUT2D eigenvalue weighted by atomic mass is 35.5. The molecule has 2 unspecified atom stereocenters. The predicted molar refractivity (Wildman–Crippen MR) is 218 cm³/mol. The third-order valence-electron chi connectivity index (χ3n) is 11.0. The van der Waals surface area contributed by atoms with Gasteiger partial charge in [0.05, 0.1) is 24.3 Å². The Morgan fingerprint density at radius 2 is 1.74 bits per heavy atom. The van der Waals surface area contributed by atoms with E-state index in [2.05, 4.69) is 40.0 Å². The standard InChI is InChI=1S/C42H46ClN7O6S/c1-23-24(2)57-42-36(23)38(26-9-13-29(43)14-10-26)46-32(40-49-48-25(3)50(40)42)22-35(53)45-17-4-5-19-56-20-18-44-31-8-6-7-30-37(31)33(51)15-11-27(39(30)54)21-28-12-16-34(52)47-41(28)55/h6-10,13-14,27-28,32,44H,4-5,11-12,15-22H2,1-3H3,(H,45,53)(H,47,52,55)/t27?,28?,32-/m0/s1. The number of carbonyl (C=O) groups is 5. The Morgan fingerprint density at radius 3 is 2.53 bits per heavy atom. The van der Waals surface area contributed by atoms with Crippen LogP contribution < -0.4 is 16.0 Å². The van der Waals surface area contributed by atoms with Crippen LogP contribution in [0.2, 0.25) is 5.02 Å². The number of rotatable bonds is 14. The average molecular weight is 812 g/mol. The highest BCUT2D eigenvalue weighted by Crippen LogP contribution is 2.40. The molecular weight excluding hydrogens is 766 g/mol. The van der Waals surface area contributed by atoms with Crippen molar-refractivity contribution in [2.45, 2.75) is 78.2 Å². The summed E-state index contributed by atoms with van der Waals surface area (Å²) in [6.07, 6.45) is 3.13. The maximum Gasteiger partial charge on any atom is 0.229 e. The van der Waals surface area contributed by atoms with Crippen molar-refractivity contribution in [2.24, 2.45) is 16.8 Å². The van der Waals surface area contributed by atoms with Crippen LogP contribution in [-0.2, 0) is 19.1 Å². The Balaban J connectivity index is 0.881. The monoisotopic (exact) mass is 811 g/mol. The van der Waals surface area contributed by atoms with Gasteiger partial charge in [0.25, 0.3) is 0 Å². The molecule has 0 radical (unpaired) electrons. The second kappa shape index (κ2) is 17.6. The summed E-state index contributed by atoms with van der Waals surface area (Å²) in [5, 5.41) is 19.2. The maximum absolute atomic E-state index is 13.6. The maximum atomic E-state index is 13.6. The number of fused-ring (bicyclic) bond motifs is 4. The topological polar surface area (TPSA) is 174 Å². The molecule has 1 saturated heterocycles. The van der Waals surface area contributed by atoms with Crippen molar-refractivity contribution < 1.29 is 28.7 Å². The van der Waals surface area contributed by atoms with E-state index in [1.54, 1.807) is 29.5 Å². The second-order valence-corrected chi connectivity index (χ2v) is 16.5. The van der Waals surface area contributed by atoms with E-state index in [9.17, 15) is 24.0 Å². The number of aliphatic imine (C=N–C) groups is 1. The molecule has 4 aromatic rings. The highest BCUT2D eigenvalue weighted by Gasteiger charge is 2.36. The number of hydrogen-bond acceptors (Lipinski definition) is 11. The fourth-order valence-corrected chi connectivity index (χ4v) is 9.16. The number of benzene rings is 2. The molecule has 1 fully saturated rings. The molecule has 0 saturated carbocycles. The van der Waals surface area contributed by atoms with Crippen LogP contribution in [0.25, 0.3) is 5.00 Å². The largest absolute Gasteiger partial charge is 0.382 e. The summed E-state index contributed by atoms with van der Waals surface area (Å²) in [6, 6.07) is 12.3. The van der Waals surface area contributed by atoms with Crippen molar-refractivity contribution in [3.05, 3.63) is 91.8 Å². The zero-order valence-electron chi connectivity index (χ0n) is 32.3. The Kier molecular flexibility index (Phi) is 12.4. The number of nitrogens with zero attached hydrogens (tertiary/aromatic N) is 4. The van der Waals surface area contributed by atoms with Crippen LogP contribution in [0.15, 0.2) is 47.5 Å². The van der Waals surface area contributed by atoms with Gasteiger partial charge in [0.2, 0.25) is 17.7 Å². The van der Waals surface area contributed by atoms with E-state index in [1.165, 1.54) is 4.88 Å². The average Bonchev–Trinajstić information content (AvgIpc) is 3.63. The molecule has 3 amide bonds. The Morgan fingerprint density at radius 1 is 0.947 bits per heavy atom. The van der Waals surface area contributed by atoms with Crippen LogP contribution in [0.1, 0.15) is 111 Å². The number of hydrogen-bond donors (Lipinski definition) is 3. The van der Waals surface area contributed by atoms with Gasteiger partial charge in [-0.15, -0.1) is 21.5 Å². The molecule has 57 heavy (non-hydrogen) atoms. The fraction of sp³-hybridized carbons (Fsp3) is 0.429. The number of thiophene rings is 1. The first-order chi connectivity index (χ1) is 27.5. The molecule has 0 bridgehead atoms. The van der Waals surface area contributed by atoms with Gasteiger partial charge >= 0.3 is 0 Å². The first-order valence-corrected chi connectivity index (χ1v) is 20.7. The van der Waals surface area contributed by atoms with Gasteiger partial charge in [-0.2, -0.15) is 0 Å². The summed E-state index contributed by atoms with van der Waals surface area (Å²) in [5.41, 5.74) is 5.21. The highest BCUT2D eigenvalue weighted by molar-refractivity contribution is 7.15. The van der Waals surface area contributed by atoms with Gasteiger partial charge in [-0.1, -0.05) is 35.9 Å². The van der Waals surface area contributed by atoms with Crippen molar-refractivity contribution in [1.29, 1.82) is 0 Å². The van der Waals surface area contributed by atoms with Crippen LogP contribution in [0.4, 0.5) is 5.69 Å². The van der Waals surface area contributed by atoms with E-state index in [1.807, 2.05) is 35.8 Å². The number of carbonyl (C=O) groups excluding carboxylic acids is 5. The molecular formula is C42H46ClN7O6S. The lowest BCUT2D eigenvalue weighted by atomic mass is 9.83. The Bertz CT molecular complexity index is 2250. The lowest BCUT2D eigenvalue weighted by molar-refractivity contribution is -0.136. The first kappa shape index (κ1) is 40.2. The summed E-state index contributed by atoms with van der Waals surface area (Å²) < 4.78 is 7.88. The van der Waals surface area contributed by atoms with Gasteiger partial charge in [0.15, 0.2) is 17.4 Å². The number of ketones is 2. The summed E-state index contributed by atoms with van der Waals surface area (Å²) in [5.74, 6) is -0.531. The third-order valence-corrected chi connectivity index (χ3v) is 12.4. The minimum atomic E-state index is -0.542. The zero-order valence-corrected chi connectivity index (χ0v) is 33.9. The Hall–Kier alpha value is -5.05. The Labute approximate surface area is 340 Å². The molecule has 298 valence electrons. The van der Waals surface area contributed by atoms with Gasteiger partial charge < -0.3 is 15.4 Å². The second-order valence-electron chi connectivity index (χ2n) is 14.8. The molecule has 4 heterocycles. The number of imide groups is 1. The van der Waals surface area contributed by atoms with Crippen molar-refractivity contribution in [3.63, 3.8) is 0 Å². The SMILES string of the molecule is Cc1sc2c(c1C)C(c1ccc(Cl)cc1)=N[C@@H](CC(=O)NCCCCOCCNc1cccc3c1C(=O)CCC(CC1CCC(=O)NC1=O)C3=O)c1nnc(C)n1-2. The quantitative estimate of drug-likeness (QED) is 0.0737. The number of amides is 3. The smallest absolute Gasteiger partial charge is 0.229 e. The lowest BCUT2D eigenvalue weighted by Gasteiger charge is -2.24. The summed E-state index contributed by atoms with van der Waals surface area (Å²) in [4.78, 5) is 70.4. The van der Waals surface area contributed by atoms with E-state index in [-0.39, 0.29) is 48.6 Å². The van der Waals surface area contributed by atoms with Gasteiger partial charge in [-0.05, 0) is 76.6 Å². The van der Waals surface area contributed by atoms with E-state index < -0.39 is 17.9 Å². The molecule has 1 aliphatic carbocycles. The molecule has 2 aromatic carbocycles. The number of Topliss-reactive ketones (excluding diaryl/α,β-unsaturated/α-hetero) is 2. The molecule has 3 N–H and O–H groups in total. The molecule has 3 aliphatic rings. The molecule has 13 nitrogen and oxygen atoms in total. The van der Waals surface area contributed by atoms with Crippen LogP contribution in [0.3, 0.4) is 0 Å².